The van der Waals surface area contributed by atoms with Gasteiger partial charge in [-0.2, -0.15) is 5.26 Å². The first-order valence-electron chi connectivity index (χ1n) is 9.34. The Morgan fingerprint density at radius 1 is 1.16 bits per heavy atom. The van der Waals surface area contributed by atoms with Crippen molar-refractivity contribution in [2.75, 3.05) is 18.0 Å². The van der Waals surface area contributed by atoms with Gasteiger partial charge in [0.25, 0.3) is 0 Å². The minimum absolute atomic E-state index is 0.723. The summed E-state index contributed by atoms with van der Waals surface area (Å²) >= 11 is 0. The fraction of sp³-hybridized carbons (Fsp3) is 0.429. The van der Waals surface area contributed by atoms with Crippen LogP contribution in [0.5, 0.6) is 0 Å². The number of nitrogens with zero attached hydrogens (tertiary/aromatic N) is 4. The number of benzene rings is 1. The number of hydrogen-bond acceptors (Lipinski definition) is 3. The van der Waals surface area contributed by atoms with Crippen LogP contribution in [0.25, 0.3) is 16.7 Å². The van der Waals surface area contributed by atoms with Crippen LogP contribution >= 0.6 is 0 Å². The molecule has 1 aliphatic rings. The van der Waals surface area contributed by atoms with E-state index in [1.807, 2.05) is 12.1 Å². The molecule has 4 rings (SSSR count). The zero-order chi connectivity index (χ0) is 17.4. The van der Waals surface area contributed by atoms with E-state index in [9.17, 15) is 5.26 Å². The van der Waals surface area contributed by atoms with Crippen LogP contribution in [0.2, 0.25) is 0 Å². The molecular formula is C21H24N4. The average molecular weight is 332 g/mol. The molecule has 0 aliphatic carbocycles. The molecule has 0 unspecified atom stereocenters. The molecule has 0 bridgehead atoms. The summed E-state index contributed by atoms with van der Waals surface area (Å²) in [6.45, 7) is 6.48. The minimum Gasteiger partial charge on any atom is -0.357 e. The Hall–Kier alpha value is -2.54. The van der Waals surface area contributed by atoms with Crippen molar-refractivity contribution < 1.29 is 0 Å². The molecule has 4 nitrogen and oxygen atoms in total. The largest absolute Gasteiger partial charge is 0.357 e. The molecule has 0 saturated carbocycles. The molecule has 128 valence electrons. The predicted octanol–water partition coefficient (Wildman–Crippen LogP) is 4.61. The van der Waals surface area contributed by atoms with Crippen LogP contribution < -0.4 is 4.90 Å². The van der Waals surface area contributed by atoms with Gasteiger partial charge in [0.05, 0.1) is 16.6 Å². The SMILES string of the molecule is CCCc1c(C)c(C#N)c2nc3ccccc3n2c1N1CCCCC1. The van der Waals surface area contributed by atoms with Gasteiger partial charge >= 0.3 is 0 Å². The second-order valence-electron chi connectivity index (χ2n) is 6.97. The molecule has 0 radical (unpaired) electrons. The van der Waals surface area contributed by atoms with Crippen LogP contribution in [0.15, 0.2) is 24.3 Å². The molecule has 1 saturated heterocycles. The maximum absolute atomic E-state index is 9.82. The Balaban J connectivity index is 2.14. The summed E-state index contributed by atoms with van der Waals surface area (Å²) in [7, 11) is 0. The molecule has 1 aromatic carbocycles. The molecule has 25 heavy (non-hydrogen) atoms. The van der Waals surface area contributed by atoms with Gasteiger partial charge in [-0.25, -0.2) is 4.98 Å². The smallest absolute Gasteiger partial charge is 0.157 e. The molecule has 1 aliphatic heterocycles. The maximum Gasteiger partial charge on any atom is 0.157 e. The summed E-state index contributed by atoms with van der Waals surface area (Å²) in [5.41, 5.74) is 6.02. The lowest BCUT2D eigenvalue weighted by Gasteiger charge is -2.32. The van der Waals surface area contributed by atoms with Crippen molar-refractivity contribution in [3.63, 3.8) is 0 Å². The zero-order valence-electron chi connectivity index (χ0n) is 15.0. The van der Waals surface area contributed by atoms with Gasteiger partial charge in [0.2, 0.25) is 0 Å². The summed E-state index contributed by atoms with van der Waals surface area (Å²) in [6, 6.07) is 10.7. The number of imidazole rings is 1. The summed E-state index contributed by atoms with van der Waals surface area (Å²) in [6.07, 6.45) is 5.85. The van der Waals surface area contributed by atoms with E-state index in [1.54, 1.807) is 0 Å². The number of fused-ring (bicyclic) bond motifs is 3. The highest BCUT2D eigenvalue weighted by Gasteiger charge is 2.24. The third-order valence-corrected chi connectivity index (χ3v) is 5.36. The molecule has 3 heterocycles. The van der Waals surface area contributed by atoms with E-state index < -0.39 is 0 Å². The first kappa shape index (κ1) is 16.0. The number of pyridine rings is 1. The van der Waals surface area contributed by atoms with Gasteiger partial charge in [-0.1, -0.05) is 25.5 Å². The molecule has 1 fully saturated rings. The van der Waals surface area contributed by atoms with Gasteiger partial charge in [-0.3, -0.25) is 4.40 Å². The predicted molar refractivity (Wildman–Crippen MR) is 102 cm³/mol. The first-order valence-corrected chi connectivity index (χ1v) is 9.34. The van der Waals surface area contributed by atoms with Crippen molar-refractivity contribution in [1.82, 2.24) is 9.38 Å². The lowest BCUT2D eigenvalue weighted by Crippen LogP contribution is -2.32. The molecule has 0 amide bonds. The lowest BCUT2D eigenvalue weighted by molar-refractivity contribution is 0.570. The maximum atomic E-state index is 9.82. The standard InChI is InChI=1S/C21H24N4/c1-3-9-16-15(2)17(14-22)20-23-18-10-5-6-11-19(18)25(20)21(16)24-12-7-4-8-13-24/h5-6,10-11H,3-4,7-9,12-13H2,1-2H3. The number of anilines is 1. The van der Waals surface area contributed by atoms with E-state index in [0.717, 1.165) is 53.7 Å². The van der Waals surface area contributed by atoms with Crippen LogP contribution in [0.3, 0.4) is 0 Å². The highest BCUT2D eigenvalue weighted by molar-refractivity contribution is 5.86. The fourth-order valence-electron chi connectivity index (χ4n) is 4.15. The van der Waals surface area contributed by atoms with Gasteiger partial charge in [0.1, 0.15) is 11.9 Å². The normalized spacial score (nSPS) is 15.0. The molecule has 0 atom stereocenters. The molecule has 3 aromatic rings. The van der Waals surface area contributed by atoms with Gasteiger partial charge < -0.3 is 4.90 Å². The third-order valence-electron chi connectivity index (χ3n) is 5.36. The number of para-hydroxylation sites is 2. The van der Waals surface area contributed by atoms with Crippen LogP contribution in [0.1, 0.15) is 49.3 Å². The number of piperidine rings is 1. The van der Waals surface area contributed by atoms with Crippen LogP contribution in [-0.4, -0.2) is 22.5 Å². The Morgan fingerprint density at radius 3 is 2.64 bits per heavy atom. The summed E-state index contributed by atoms with van der Waals surface area (Å²) in [4.78, 5) is 7.33. The first-order chi connectivity index (χ1) is 12.3. The summed E-state index contributed by atoms with van der Waals surface area (Å²) in [5.74, 6) is 1.27. The lowest BCUT2D eigenvalue weighted by atomic mass is 9.99. The number of hydrogen-bond donors (Lipinski definition) is 0. The topological polar surface area (TPSA) is 44.3 Å². The van der Waals surface area contributed by atoms with Crippen molar-refractivity contribution in [3.05, 3.63) is 41.0 Å². The third kappa shape index (κ3) is 2.46. The van der Waals surface area contributed by atoms with E-state index in [0.29, 0.717) is 0 Å². The molecular weight excluding hydrogens is 308 g/mol. The quantitative estimate of drug-likeness (QED) is 0.703. The highest BCUT2D eigenvalue weighted by Crippen LogP contribution is 2.35. The monoisotopic (exact) mass is 332 g/mol. The zero-order valence-corrected chi connectivity index (χ0v) is 15.0. The second-order valence-corrected chi connectivity index (χ2v) is 6.97. The van der Waals surface area contributed by atoms with Crippen molar-refractivity contribution >= 4 is 22.5 Å². The second kappa shape index (κ2) is 6.40. The van der Waals surface area contributed by atoms with Crippen LogP contribution in [0.4, 0.5) is 5.82 Å². The Bertz CT molecular complexity index is 971. The van der Waals surface area contributed by atoms with Gasteiger partial charge in [-0.15, -0.1) is 0 Å². The van der Waals surface area contributed by atoms with Crippen molar-refractivity contribution in [3.8, 4) is 6.07 Å². The summed E-state index contributed by atoms with van der Waals surface area (Å²) in [5, 5.41) is 9.82. The van der Waals surface area contributed by atoms with Gasteiger partial charge in [-0.05, 0) is 55.9 Å². The van der Waals surface area contributed by atoms with Gasteiger partial charge in [0.15, 0.2) is 5.65 Å². The van der Waals surface area contributed by atoms with E-state index in [4.69, 9.17) is 4.98 Å². The number of nitriles is 1. The molecule has 2 aromatic heterocycles. The van der Waals surface area contributed by atoms with Crippen molar-refractivity contribution in [2.24, 2.45) is 0 Å². The highest BCUT2D eigenvalue weighted by atomic mass is 15.2. The van der Waals surface area contributed by atoms with Crippen molar-refractivity contribution in [2.45, 2.75) is 46.0 Å². The Kier molecular flexibility index (Phi) is 4.09. The van der Waals surface area contributed by atoms with Crippen molar-refractivity contribution in [1.29, 1.82) is 5.26 Å². The Morgan fingerprint density at radius 2 is 1.92 bits per heavy atom. The number of rotatable bonds is 3. The van der Waals surface area contributed by atoms with Crippen LogP contribution in [-0.2, 0) is 6.42 Å². The molecule has 0 spiro atoms. The summed E-state index contributed by atoms with van der Waals surface area (Å²) < 4.78 is 2.25. The number of aromatic nitrogens is 2. The average Bonchev–Trinajstić information content (AvgIpc) is 3.02. The fourth-order valence-corrected chi connectivity index (χ4v) is 4.15. The van der Waals surface area contributed by atoms with E-state index >= 15 is 0 Å². The van der Waals surface area contributed by atoms with E-state index in [1.165, 1.54) is 30.6 Å². The van der Waals surface area contributed by atoms with E-state index in [2.05, 4.69) is 41.4 Å². The minimum atomic E-state index is 0.723. The van der Waals surface area contributed by atoms with Crippen LogP contribution in [0, 0.1) is 18.3 Å². The molecule has 4 heteroatoms. The Labute approximate surface area is 148 Å². The van der Waals surface area contributed by atoms with E-state index in [-0.39, 0.29) is 0 Å². The van der Waals surface area contributed by atoms with Gasteiger partial charge in [0, 0.05) is 13.1 Å². The molecule has 0 N–H and O–H groups in total.